The van der Waals surface area contributed by atoms with Crippen LogP contribution >= 0.6 is 0 Å². The van der Waals surface area contributed by atoms with E-state index in [4.69, 9.17) is 9.47 Å². The summed E-state index contributed by atoms with van der Waals surface area (Å²) >= 11 is 0. The lowest BCUT2D eigenvalue weighted by Crippen LogP contribution is -2.16. The van der Waals surface area contributed by atoms with Crippen LogP contribution < -0.4 is 14.8 Å². The van der Waals surface area contributed by atoms with Crippen LogP contribution in [-0.2, 0) is 6.18 Å². The second-order valence-corrected chi connectivity index (χ2v) is 6.15. The number of hydrogen-bond acceptors (Lipinski definition) is 4. The van der Waals surface area contributed by atoms with E-state index in [-0.39, 0.29) is 11.1 Å². The SMILES string of the molecule is CCCOc1c/c(=N\C(=O)Oc2cccc(C(F)(F)F)c2)cnn1-c1ccccc1. The van der Waals surface area contributed by atoms with Crippen LogP contribution in [-0.4, -0.2) is 22.5 Å². The molecule has 0 saturated heterocycles. The minimum Gasteiger partial charge on any atom is -0.478 e. The number of rotatable bonds is 5. The molecular formula is C21H18F3N3O3. The number of nitrogens with zero attached hydrogens (tertiary/aromatic N) is 3. The first kappa shape index (κ1) is 21.1. The van der Waals surface area contributed by atoms with Crippen molar-refractivity contribution in [3.05, 3.63) is 77.8 Å². The molecule has 0 atom stereocenters. The zero-order valence-corrected chi connectivity index (χ0v) is 16.0. The molecule has 1 aromatic heterocycles. The molecule has 3 aromatic rings. The van der Waals surface area contributed by atoms with Crippen molar-refractivity contribution in [2.75, 3.05) is 6.61 Å². The molecular weight excluding hydrogens is 399 g/mol. The molecule has 2 aromatic carbocycles. The van der Waals surface area contributed by atoms with Gasteiger partial charge in [-0.25, -0.2) is 9.48 Å². The maximum Gasteiger partial charge on any atom is 0.439 e. The molecule has 30 heavy (non-hydrogen) atoms. The van der Waals surface area contributed by atoms with Crippen LogP contribution in [0.4, 0.5) is 18.0 Å². The summed E-state index contributed by atoms with van der Waals surface area (Å²) in [5, 5.41) is 4.39. The van der Waals surface area contributed by atoms with Gasteiger partial charge >= 0.3 is 12.3 Å². The van der Waals surface area contributed by atoms with Crippen molar-refractivity contribution in [2.45, 2.75) is 19.5 Å². The highest BCUT2D eigenvalue weighted by Crippen LogP contribution is 2.31. The number of halogens is 3. The van der Waals surface area contributed by atoms with Gasteiger partial charge in [0.25, 0.3) is 0 Å². The fraction of sp³-hybridized carbons (Fsp3) is 0.190. The number of carbonyl (C=O) groups is 1. The number of para-hydroxylation sites is 1. The van der Waals surface area contributed by atoms with Gasteiger partial charge in [-0.15, -0.1) is 0 Å². The molecule has 0 unspecified atom stereocenters. The van der Waals surface area contributed by atoms with Gasteiger partial charge in [0.2, 0.25) is 5.88 Å². The largest absolute Gasteiger partial charge is 0.478 e. The summed E-state index contributed by atoms with van der Waals surface area (Å²) in [5.74, 6) is 0.0976. The van der Waals surface area contributed by atoms with Crippen molar-refractivity contribution >= 4 is 6.09 Å². The molecule has 156 valence electrons. The first-order valence-electron chi connectivity index (χ1n) is 9.08. The minimum atomic E-state index is -4.54. The summed E-state index contributed by atoms with van der Waals surface area (Å²) < 4.78 is 50.5. The van der Waals surface area contributed by atoms with Gasteiger partial charge in [0, 0.05) is 6.07 Å². The van der Waals surface area contributed by atoms with Crippen molar-refractivity contribution in [1.29, 1.82) is 0 Å². The second kappa shape index (κ2) is 9.25. The average Bonchev–Trinajstić information content (AvgIpc) is 2.72. The van der Waals surface area contributed by atoms with Crippen LogP contribution in [0.5, 0.6) is 11.6 Å². The number of aromatic nitrogens is 2. The maximum atomic E-state index is 12.8. The van der Waals surface area contributed by atoms with Gasteiger partial charge in [0.1, 0.15) is 5.75 Å². The van der Waals surface area contributed by atoms with Gasteiger partial charge in [-0.3, -0.25) is 0 Å². The van der Waals surface area contributed by atoms with Gasteiger partial charge in [-0.1, -0.05) is 31.2 Å². The van der Waals surface area contributed by atoms with Crippen molar-refractivity contribution in [3.63, 3.8) is 0 Å². The molecule has 6 nitrogen and oxygen atoms in total. The summed E-state index contributed by atoms with van der Waals surface area (Å²) in [5.41, 5.74) is -0.171. The smallest absolute Gasteiger partial charge is 0.439 e. The lowest BCUT2D eigenvalue weighted by atomic mass is 10.2. The normalized spacial score (nSPS) is 11.9. The number of hydrogen-bond donors (Lipinski definition) is 0. The summed E-state index contributed by atoms with van der Waals surface area (Å²) in [7, 11) is 0. The van der Waals surface area contributed by atoms with Crippen molar-refractivity contribution in [3.8, 4) is 17.3 Å². The number of ether oxygens (including phenoxy) is 2. The van der Waals surface area contributed by atoms with E-state index < -0.39 is 17.8 Å². The molecule has 0 bridgehead atoms. The van der Waals surface area contributed by atoms with E-state index in [0.29, 0.717) is 12.5 Å². The molecule has 0 spiro atoms. The highest BCUT2D eigenvalue weighted by atomic mass is 19.4. The Morgan fingerprint density at radius 2 is 1.87 bits per heavy atom. The van der Waals surface area contributed by atoms with Crippen LogP contribution in [0.3, 0.4) is 0 Å². The van der Waals surface area contributed by atoms with E-state index in [1.165, 1.54) is 18.3 Å². The predicted octanol–water partition coefficient (Wildman–Crippen LogP) is 4.78. The Bertz CT molecular complexity index is 1080. The van der Waals surface area contributed by atoms with E-state index in [9.17, 15) is 18.0 Å². The second-order valence-electron chi connectivity index (χ2n) is 6.15. The highest BCUT2D eigenvalue weighted by Gasteiger charge is 2.30. The Kier molecular flexibility index (Phi) is 6.51. The lowest BCUT2D eigenvalue weighted by Gasteiger charge is -2.12. The fourth-order valence-corrected chi connectivity index (χ4v) is 2.50. The molecule has 1 amide bonds. The minimum absolute atomic E-state index is 0.144. The van der Waals surface area contributed by atoms with E-state index >= 15 is 0 Å². The molecule has 0 saturated carbocycles. The number of alkyl halides is 3. The summed E-state index contributed by atoms with van der Waals surface area (Å²) in [4.78, 5) is 15.8. The predicted molar refractivity (Wildman–Crippen MR) is 102 cm³/mol. The number of carbonyl (C=O) groups excluding carboxylic acids is 1. The fourth-order valence-electron chi connectivity index (χ4n) is 2.50. The Balaban J connectivity index is 1.87. The Morgan fingerprint density at radius 3 is 2.57 bits per heavy atom. The Labute approximate surface area is 170 Å². The molecule has 3 rings (SSSR count). The molecule has 0 aliphatic rings. The van der Waals surface area contributed by atoms with E-state index in [1.54, 1.807) is 4.68 Å². The summed E-state index contributed by atoms with van der Waals surface area (Å²) in [6.45, 7) is 2.37. The quantitative estimate of drug-likeness (QED) is 0.599. The van der Waals surface area contributed by atoms with Gasteiger partial charge < -0.3 is 9.47 Å². The first-order chi connectivity index (χ1) is 14.4. The molecule has 0 aliphatic heterocycles. The highest BCUT2D eigenvalue weighted by molar-refractivity contribution is 5.71. The first-order valence-corrected chi connectivity index (χ1v) is 9.08. The monoisotopic (exact) mass is 417 g/mol. The van der Waals surface area contributed by atoms with E-state index in [2.05, 4.69) is 10.1 Å². The average molecular weight is 417 g/mol. The maximum absolute atomic E-state index is 12.8. The van der Waals surface area contributed by atoms with Crippen LogP contribution in [0, 0.1) is 0 Å². The van der Waals surface area contributed by atoms with Crippen molar-refractivity contribution < 1.29 is 27.4 Å². The van der Waals surface area contributed by atoms with Crippen LogP contribution in [0.2, 0.25) is 0 Å². The number of amides is 1. The molecule has 0 fully saturated rings. The molecule has 0 radical (unpaired) electrons. The lowest BCUT2D eigenvalue weighted by molar-refractivity contribution is -0.137. The third kappa shape index (κ3) is 5.47. The van der Waals surface area contributed by atoms with E-state index in [0.717, 1.165) is 30.3 Å². The van der Waals surface area contributed by atoms with Crippen LogP contribution in [0.1, 0.15) is 18.9 Å². The molecule has 0 N–H and O–H groups in total. The Morgan fingerprint density at radius 1 is 1.10 bits per heavy atom. The van der Waals surface area contributed by atoms with Gasteiger partial charge in [0.15, 0.2) is 0 Å². The van der Waals surface area contributed by atoms with Gasteiger partial charge in [-0.05, 0) is 36.8 Å². The van der Waals surface area contributed by atoms with Crippen molar-refractivity contribution in [2.24, 2.45) is 4.99 Å². The van der Waals surface area contributed by atoms with Gasteiger partial charge in [0.05, 0.1) is 29.4 Å². The molecule has 0 aliphatic carbocycles. The van der Waals surface area contributed by atoms with Crippen molar-refractivity contribution in [1.82, 2.24) is 9.78 Å². The van der Waals surface area contributed by atoms with Crippen LogP contribution in [0.25, 0.3) is 5.69 Å². The zero-order valence-electron chi connectivity index (χ0n) is 16.0. The topological polar surface area (TPSA) is 65.7 Å². The van der Waals surface area contributed by atoms with E-state index in [1.807, 2.05) is 37.3 Å². The van der Waals surface area contributed by atoms with Crippen LogP contribution in [0.15, 0.2) is 71.9 Å². The summed E-state index contributed by atoms with van der Waals surface area (Å²) in [6, 6.07) is 14.7. The third-order valence-corrected chi connectivity index (χ3v) is 3.83. The molecule has 9 heteroatoms. The number of benzene rings is 2. The molecule has 1 heterocycles. The Hall–Kier alpha value is -3.62. The third-order valence-electron chi connectivity index (χ3n) is 3.83. The summed E-state index contributed by atoms with van der Waals surface area (Å²) in [6.07, 6.45) is -3.53. The standard InChI is InChI=1S/C21H18F3N3O3/c1-2-11-29-19-13-16(14-25-27(19)17-8-4-3-5-9-17)26-20(28)30-18-10-6-7-15(12-18)21(22,23)24/h3-10,12-14H,2,11H2,1H3/b26-16+. The zero-order chi connectivity index (χ0) is 21.6. The van der Waals surface area contributed by atoms with Gasteiger partial charge in [-0.2, -0.15) is 23.3 Å².